The second-order valence-electron chi connectivity index (χ2n) is 5.94. The van der Waals surface area contributed by atoms with Crippen molar-refractivity contribution in [2.75, 3.05) is 19.8 Å². The van der Waals surface area contributed by atoms with Crippen molar-refractivity contribution in [1.29, 1.82) is 0 Å². The molecule has 1 saturated heterocycles. The Labute approximate surface area is 133 Å². The van der Waals surface area contributed by atoms with Gasteiger partial charge >= 0.3 is 0 Å². The molecule has 1 heterocycles. The van der Waals surface area contributed by atoms with Crippen LogP contribution in [-0.4, -0.2) is 59.6 Å². The Morgan fingerprint density at radius 2 is 1.86 bits per heavy atom. The maximum absolute atomic E-state index is 9.74. The van der Waals surface area contributed by atoms with Crippen molar-refractivity contribution < 1.29 is 24.8 Å². The van der Waals surface area contributed by atoms with E-state index in [1.807, 2.05) is 6.08 Å². The molecule has 1 aliphatic heterocycles. The molecule has 5 nitrogen and oxygen atoms in total. The van der Waals surface area contributed by atoms with E-state index in [9.17, 15) is 15.3 Å². The smallest absolute Gasteiger partial charge is 0.114 e. The molecule has 130 valence electrons. The minimum absolute atomic E-state index is 0.0829. The fourth-order valence-corrected chi connectivity index (χ4v) is 2.61. The highest BCUT2D eigenvalue weighted by Gasteiger charge is 2.40. The van der Waals surface area contributed by atoms with Crippen molar-refractivity contribution in [3.63, 3.8) is 0 Å². The molecule has 0 spiro atoms. The minimum atomic E-state index is -0.996. The van der Waals surface area contributed by atoms with E-state index < -0.39 is 24.4 Å². The van der Waals surface area contributed by atoms with Gasteiger partial charge in [0.15, 0.2) is 0 Å². The summed E-state index contributed by atoms with van der Waals surface area (Å²) in [6.45, 7) is 2.45. The largest absolute Gasteiger partial charge is 0.394 e. The van der Waals surface area contributed by atoms with Crippen molar-refractivity contribution in [3.8, 4) is 0 Å². The number of aliphatic hydroxyl groups is 3. The molecule has 1 aliphatic rings. The molecular formula is C17H32O5. The van der Waals surface area contributed by atoms with E-state index in [2.05, 4.69) is 13.0 Å². The van der Waals surface area contributed by atoms with E-state index in [0.29, 0.717) is 6.61 Å². The Bertz CT molecular complexity index is 295. The molecule has 0 aromatic heterocycles. The van der Waals surface area contributed by atoms with Crippen LogP contribution in [0.25, 0.3) is 0 Å². The Hall–Kier alpha value is -0.460. The first-order valence-corrected chi connectivity index (χ1v) is 8.55. The third-order valence-corrected chi connectivity index (χ3v) is 4.03. The van der Waals surface area contributed by atoms with Gasteiger partial charge < -0.3 is 24.8 Å². The molecule has 0 saturated carbocycles. The average Bonchev–Trinajstić information content (AvgIpc) is 2.85. The van der Waals surface area contributed by atoms with Gasteiger partial charge in [-0.2, -0.15) is 0 Å². The molecule has 0 radical (unpaired) electrons. The van der Waals surface area contributed by atoms with E-state index in [-0.39, 0.29) is 13.2 Å². The van der Waals surface area contributed by atoms with Gasteiger partial charge in [0.2, 0.25) is 0 Å². The summed E-state index contributed by atoms with van der Waals surface area (Å²) in [4.78, 5) is 0. The van der Waals surface area contributed by atoms with Crippen molar-refractivity contribution >= 4 is 0 Å². The summed E-state index contributed by atoms with van der Waals surface area (Å²) >= 11 is 0. The summed E-state index contributed by atoms with van der Waals surface area (Å²) in [5.41, 5.74) is 0. The van der Waals surface area contributed by atoms with Crippen LogP contribution in [0.1, 0.15) is 51.9 Å². The monoisotopic (exact) mass is 316 g/mol. The van der Waals surface area contributed by atoms with E-state index in [1.54, 1.807) is 0 Å². The highest BCUT2D eigenvalue weighted by Crippen LogP contribution is 2.19. The minimum Gasteiger partial charge on any atom is -0.394 e. The number of ether oxygens (including phenoxy) is 2. The first-order valence-electron chi connectivity index (χ1n) is 8.55. The number of allylic oxidation sites excluding steroid dienone is 1. The summed E-state index contributed by atoms with van der Waals surface area (Å²) in [5.74, 6) is 0. The molecule has 4 atom stereocenters. The molecule has 22 heavy (non-hydrogen) atoms. The molecule has 0 aliphatic carbocycles. The fraction of sp³-hybridized carbons (Fsp3) is 0.882. The highest BCUT2D eigenvalue weighted by atomic mass is 16.6. The maximum atomic E-state index is 9.74. The molecule has 0 aromatic carbocycles. The maximum Gasteiger partial charge on any atom is 0.114 e. The van der Waals surface area contributed by atoms with E-state index in [4.69, 9.17) is 9.47 Å². The van der Waals surface area contributed by atoms with Crippen LogP contribution in [-0.2, 0) is 9.47 Å². The molecule has 0 bridgehead atoms. The molecule has 0 aromatic rings. The standard InChI is InChI=1S/C17H32O5/c1-2-3-4-5-6-7-8-9-10-11-21-15(12-18)17-16(20)14(19)13-22-17/h9-10,14-20H,2-8,11-13H2,1H3/b10-9+/t14-,15+,16+,17+/m1/s1. The van der Waals surface area contributed by atoms with Crippen LogP contribution >= 0.6 is 0 Å². The quantitative estimate of drug-likeness (QED) is 0.378. The van der Waals surface area contributed by atoms with Crippen LogP contribution in [0, 0.1) is 0 Å². The van der Waals surface area contributed by atoms with Gasteiger partial charge in [0.1, 0.15) is 24.4 Å². The Morgan fingerprint density at radius 3 is 2.50 bits per heavy atom. The van der Waals surface area contributed by atoms with E-state index >= 15 is 0 Å². The summed E-state index contributed by atoms with van der Waals surface area (Å²) in [6.07, 6.45) is 9.62. The SMILES string of the molecule is CCCCCCCC/C=C/CO[C@@H](CO)[C@@H]1OC[C@@H](O)[C@@H]1O. The van der Waals surface area contributed by atoms with Crippen LogP contribution in [0.15, 0.2) is 12.2 Å². The lowest BCUT2D eigenvalue weighted by Gasteiger charge is -2.23. The Kier molecular flexibility index (Phi) is 10.7. The second-order valence-corrected chi connectivity index (χ2v) is 5.94. The number of rotatable bonds is 12. The van der Waals surface area contributed by atoms with Crippen LogP contribution < -0.4 is 0 Å². The van der Waals surface area contributed by atoms with Crippen LogP contribution in [0.2, 0.25) is 0 Å². The van der Waals surface area contributed by atoms with Gasteiger partial charge in [-0.15, -0.1) is 0 Å². The lowest BCUT2D eigenvalue weighted by Crippen LogP contribution is -2.42. The molecule has 3 N–H and O–H groups in total. The first-order chi connectivity index (χ1) is 10.7. The van der Waals surface area contributed by atoms with Gasteiger partial charge in [-0.3, -0.25) is 0 Å². The average molecular weight is 316 g/mol. The Morgan fingerprint density at radius 1 is 1.14 bits per heavy atom. The zero-order valence-corrected chi connectivity index (χ0v) is 13.7. The van der Waals surface area contributed by atoms with Crippen molar-refractivity contribution in [2.24, 2.45) is 0 Å². The third-order valence-electron chi connectivity index (χ3n) is 4.03. The number of hydrogen-bond acceptors (Lipinski definition) is 5. The normalized spacial score (nSPS) is 26.8. The summed E-state index contributed by atoms with van der Waals surface area (Å²) in [6, 6.07) is 0. The predicted molar refractivity (Wildman–Crippen MR) is 85.7 cm³/mol. The van der Waals surface area contributed by atoms with Crippen LogP contribution in [0.4, 0.5) is 0 Å². The molecule has 1 rings (SSSR count). The van der Waals surface area contributed by atoms with Gasteiger partial charge in [-0.05, 0) is 12.8 Å². The lowest BCUT2D eigenvalue weighted by molar-refractivity contribution is -0.0942. The van der Waals surface area contributed by atoms with Gasteiger partial charge in [-0.1, -0.05) is 51.2 Å². The number of aliphatic hydroxyl groups excluding tert-OH is 3. The Balaban J connectivity index is 2.07. The zero-order valence-electron chi connectivity index (χ0n) is 13.7. The topological polar surface area (TPSA) is 79.2 Å². The van der Waals surface area contributed by atoms with Gasteiger partial charge in [-0.25, -0.2) is 0 Å². The molecular weight excluding hydrogens is 284 g/mol. The van der Waals surface area contributed by atoms with Gasteiger partial charge in [0, 0.05) is 0 Å². The highest BCUT2D eigenvalue weighted by molar-refractivity contribution is 4.89. The predicted octanol–water partition coefficient (Wildman–Crippen LogP) is 1.79. The zero-order chi connectivity index (χ0) is 16.2. The molecule has 0 amide bonds. The number of hydrogen-bond donors (Lipinski definition) is 3. The van der Waals surface area contributed by atoms with Gasteiger partial charge in [0.05, 0.1) is 19.8 Å². The van der Waals surface area contributed by atoms with Crippen LogP contribution in [0.3, 0.4) is 0 Å². The van der Waals surface area contributed by atoms with E-state index in [0.717, 1.165) is 6.42 Å². The second kappa shape index (κ2) is 12.0. The lowest BCUT2D eigenvalue weighted by atomic mass is 10.1. The third kappa shape index (κ3) is 7.20. The van der Waals surface area contributed by atoms with Crippen molar-refractivity contribution in [3.05, 3.63) is 12.2 Å². The van der Waals surface area contributed by atoms with E-state index in [1.165, 1.54) is 38.5 Å². The van der Waals surface area contributed by atoms with Gasteiger partial charge in [0.25, 0.3) is 0 Å². The van der Waals surface area contributed by atoms with Crippen molar-refractivity contribution in [2.45, 2.75) is 76.3 Å². The summed E-state index contributed by atoms with van der Waals surface area (Å²) in [7, 11) is 0. The van der Waals surface area contributed by atoms with Crippen LogP contribution in [0.5, 0.6) is 0 Å². The molecule has 5 heteroatoms. The summed E-state index contributed by atoms with van der Waals surface area (Å²) in [5, 5.41) is 28.5. The fourth-order valence-electron chi connectivity index (χ4n) is 2.61. The molecule has 1 fully saturated rings. The first kappa shape index (κ1) is 19.6. The molecule has 0 unspecified atom stereocenters. The summed E-state index contributed by atoms with van der Waals surface area (Å²) < 4.78 is 10.8. The number of unbranched alkanes of at least 4 members (excludes halogenated alkanes) is 6. The van der Waals surface area contributed by atoms with Crippen molar-refractivity contribution in [1.82, 2.24) is 0 Å².